The molecule has 1 aliphatic heterocycles. The van der Waals surface area contributed by atoms with Gasteiger partial charge in [-0.05, 0) is 17.7 Å². The SMILES string of the molecule is O=C(O)Cc1cccc(NC(=O)C2CNC(=O)CN2)c1. The number of carbonyl (C=O) groups is 3. The van der Waals surface area contributed by atoms with Crippen molar-refractivity contribution in [2.24, 2.45) is 0 Å². The predicted octanol–water partition coefficient (Wildman–Crippen LogP) is -0.660. The van der Waals surface area contributed by atoms with Crippen molar-refractivity contribution in [1.82, 2.24) is 10.6 Å². The summed E-state index contributed by atoms with van der Waals surface area (Å²) in [6.45, 7) is 0.344. The molecule has 7 nitrogen and oxygen atoms in total. The zero-order valence-electron chi connectivity index (χ0n) is 10.7. The number of hydrogen-bond acceptors (Lipinski definition) is 4. The maximum atomic E-state index is 12.0. The summed E-state index contributed by atoms with van der Waals surface area (Å²) in [6, 6.07) is 6.18. The molecular weight excluding hydrogens is 262 g/mol. The number of nitrogens with one attached hydrogen (secondary N) is 3. The Balaban J connectivity index is 1.97. The number of rotatable bonds is 4. The molecule has 0 radical (unpaired) electrons. The highest BCUT2D eigenvalue weighted by atomic mass is 16.4. The molecule has 7 heteroatoms. The third-order valence-electron chi connectivity index (χ3n) is 2.88. The summed E-state index contributed by atoms with van der Waals surface area (Å²) in [5.41, 5.74) is 1.15. The number of carboxylic acid groups (broad SMARTS) is 1. The van der Waals surface area contributed by atoms with Crippen LogP contribution in [-0.2, 0) is 20.8 Å². The van der Waals surface area contributed by atoms with Crippen LogP contribution in [0.25, 0.3) is 0 Å². The van der Waals surface area contributed by atoms with E-state index in [-0.39, 0.29) is 31.3 Å². The van der Waals surface area contributed by atoms with Crippen LogP contribution < -0.4 is 16.0 Å². The number of carbonyl (C=O) groups excluding carboxylic acids is 2. The monoisotopic (exact) mass is 277 g/mol. The second-order valence-electron chi connectivity index (χ2n) is 4.50. The fraction of sp³-hybridized carbons (Fsp3) is 0.308. The maximum absolute atomic E-state index is 12.0. The first-order chi connectivity index (χ1) is 9.54. The normalized spacial score (nSPS) is 18.2. The van der Waals surface area contributed by atoms with Crippen LogP contribution in [0, 0.1) is 0 Å². The molecule has 0 aromatic heterocycles. The van der Waals surface area contributed by atoms with Gasteiger partial charge in [0.1, 0.15) is 6.04 Å². The van der Waals surface area contributed by atoms with Gasteiger partial charge in [0.25, 0.3) is 0 Å². The zero-order valence-corrected chi connectivity index (χ0v) is 10.7. The predicted molar refractivity (Wildman–Crippen MR) is 71.2 cm³/mol. The van der Waals surface area contributed by atoms with Gasteiger partial charge in [-0.15, -0.1) is 0 Å². The first-order valence-electron chi connectivity index (χ1n) is 6.16. The average molecular weight is 277 g/mol. The molecule has 1 heterocycles. The molecule has 1 aromatic carbocycles. The molecule has 1 unspecified atom stereocenters. The molecule has 0 spiro atoms. The summed E-state index contributed by atoms with van der Waals surface area (Å²) in [6.07, 6.45) is -0.0958. The lowest BCUT2D eigenvalue weighted by Crippen LogP contribution is -2.56. The Morgan fingerprint density at radius 2 is 2.20 bits per heavy atom. The fourth-order valence-electron chi connectivity index (χ4n) is 1.91. The minimum absolute atomic E-state index is 0.0958. The quantitative estimate of drug-likeness (QED) is 0.584. The van der Waals surface area contributed by atoms with Crippen molar-refractivity contribution >= 4 is 23.5 Å². The highest BCUT2D eigenvalue weighted by Gasteiger charge is 2.23. The van der Waals surface area contributed by atoms with Gasteiger partial charge < -0.3 is 15.7 Å². The topological polar surface area (TPSA) is 108 Å². The molecule has 4 N–H and O–H groups in total. The average Bonchev–Trinajstić information content (AvgIpc) is 2.39. The van der Waals surface area contributed by atoms with Crippen LogP contribution in [-0.4, -0.2) is 42.0 Å². The van der Waals surface area contributed by atoms with Crippen molar-refractivity contribution in [1.29, 1.82) is 0 Å². The molecule has 2 amide bonds. The molecule has 0 aliphatic carbocycles. The first kappa shape index (κ1) is 14.0. The van der Waals surface area contributed by atoms with Gasteiger partial charge in [0.15, 0.2) is 0 Å². The van der Waals surface area contributed by atoms with Crippen molar-refractivity contribution in [3.05, 3.63) is 29.8 Å². The van der Waals surface area contributed by atoms with E-state index in [0.29, 0.717) is 11.3 Å². The van der Waals surface area contributed by atoms with Gasteiger partial charge in [0, 0.05) is 12.2 Å². The van der Waals surface area contributed by atoms with Crippen molar-refractivity contribution in [2.45, 2.75) is 12.5 Å². The van der Waals surface area contributed by atoms with E-state index in [4.69, 9.17) is 5.11 Å². The number of anilines is 1. The van der Waals surface area contributed by atoms with E-state index in [1.54, 1.807) is 24.3 Å². The van der Waals surface area contributed by atoms with E-state index < -0.39 is 12.0 Å². The minimum atomic E-state index is -0.926. The molecule has 1 aromatic rings. The van der Waals surface area contributed by atoms with E-state index in [1.807, 2.05) is 0 Å². The maximum Gasteiger partial charge on any atom is 0.307 e. The summed E-state index contributed by atoms with van der Waals surface area (Å²) in [5.74, 6) is -1.33. The fourth-order valence-corrected chi connectivity index (χ4v) is 1.91. The standard InChI is InChI=1S/C13H15N3O4/c17-11-7-14-10(6-15-11)13(20)16-9-3-1-2-8(4-9)5-12(18)19/h1-4,10,14H,5-7H2,(H,15,17)(H,16,20)(H,18,19). The molecule has 106 valence electrons. The summed E-state index contributed by atoms with van der Waals surface area (Å²) >= 11 is 0. The van der Waals surface area contributed by atoms with Crippen LogP contribution in [0.3, 0.4) is 0 Å². The van der Waals surface area contributed by atoms with E-state index in [0.717, 1.165) is 0 Å². The summed E-state index contributed by atoms with van der Waals surface area (Å²) in [5, 5.41) is 16.8. The molecule has 1 fully saturated rings. The van der Waals surface area contributed by atoms with E-state index in [1.165, 1.54) is 0 Å². The second-order valence-corrected chi connectivity index (χ2v) is 4.50. The van der Waals surface area contributed by atoms with Crippen molar-refractivity contribution in [3.8, 4) is 0 Å². The first-order valence-corrected chi connectivity index (χ1v) is 6.16. The van der Waals surface area contributed by atoms with Gasteiger partial charge in [-0.1, -0.05) is 12.1 Å². The van der Waals surface area contributed by atoms with Gasteiger partial charge in [0.05, 0.1) is 13.0 Å². The van der Waals surface area contributed by atoms with Gasteiger partial charge in [-0.25, -0.2) is 0 Å². The Kier molecular flexibility index (Phi) is 4.31. The lowest BCUT2D eigenvalue weighted by molar-refractivity contribution is -0.136. The van der Waals surface area contributed by atoms with Crippen LogP contribution in [0.5, 0.6) is 0 Å². The highest BCUT2D eigenvalue weighted by Crippen LogP contribution is 2.11. The molecule has 20 heavy (non-hydrogen) atoms. The third kappa shape index (κ3) is 3.79. The van der Waals surface area contributed by atoms with Crippen molar-refractivity contribution in [2.75, 3.05) is 18.4 Å². The molecule has 1 atom stereocenters. The van der Waals surface area contributed by atoms with Gasteiger partial charge >= 0.3 is 5.97 Å². The van der Waals surface area contributed by atoms with Gasteiger partial charge in [0.2, 0.25) is 11.8 Å². The number of piperazine rings is 1. The smallest absolute Gasteiger partial charge is 0.307 e. The minimum Gasteiger partial charge on any atom is -0.481 e. The Labute approximate surface area is 115 Å². The van der Waals surface area contributed by atoms with Crippen LogP contribution in [0.1, 0.15) is 5.56 Å². The Morgan fingerprint density at radius 3 is 2.85 bits per heavy atom. The Bertz CT molecular complexity index is 534. The molecule has 0 saturated carbocycles. The van der Waals surface area contributed by atoms with Crippen LogP contribution >= 0.6 is 0 Å². The highest BCUT2D eigenvalue weighted by molar-refractivity contribution is 5.96. The number of carboxylic acids is 1. The number of amides is 2. The van der Waals surface area contributed by atoms with E-state index in [9.17, 15) is 14.4 Å². The zero-order chi connectivity index (χ0) is 14.5. The van der Waals surface area contributed by atoms with Crippen LogP contribution in [0.15, 0.2) is 24.3 Å². The third-order valence-corrected chi connectivity index (χ3v) is 2.88. The molecule has 2 rings (SSSR count). The van der Waals surface area contributed by atoms with Crippen molar-refractivity contribution < 1.29 is 19.5 Å². The van der Waals surface area contributed by atoms with E-state index >= 15 is 0 Å². The van der Waals surface area contributed by atoms with Crippen LogP contribution in [0.4, 0.5) is 5.69 Å². The van der Waals surface area contributed by atoms with Gasteiger partial charge in [-0.3, -0.25) is 19.7 Å². The summed E-state index contributed by atoms with van der Waals surface area (Å²) < 4.78 is 0. The second kappa shape index (κ2) is 6.16. The molecular formula is C13H15N3O4. The summed E-state index contributed by atoms with van der Waals surface area (Å²) in [4.78, 5) is 33.6. The lowest BCUT2D eigenvalue weighted by Gasteiger charge is -2.23. The van der Waals surface area contributed by atoms with E-state index in [2.05, 4.69) is 16.0 Å². The Morgan fingerprint density at radius 1 is 1.40 bits per heavy atom. The molecule has 1 aliphatic rings. The Hall–Kier alpha value is -2.41. The number of hydrogen-bond donors (Lipinski definition) is 4. The molecule has 1 saturated heterocycles. The largest absolute Gasteiger partial charge is 0.481 e. The van der Waals surface area contributed by atoms with Crippen molar-refractivity contribution in [3.63, 3.8) is 0 Å². The lowest BCUT2D eigenvalue weighted by atomic mass is 10.1. The number of benzene rings is 1. The van der Waals surface area contributed by atoms with Gasteiger partial charge in [-0.2, -0.15) is 0 Å². The molecule has 0 bridgehead atoms. The summed E-state index contributed by atoms with van der Waals surface area (Å²) in [7, 11) is 0. The number of aliphatic carboxylic acids is 1. The van der Waals surface area contributed by atoms with Crippen LogP contribution in [0.2, 0.25) is 0 Å².